The maximum absolute atomic E-state index is 11.7. The first-order valence-electron chi connectivity index (χ1n) is 7.98. The van der Waals surface area contributed by atoms with Crippen molar-refractivity contribution in [2.45, 2.75) is 65.4 Å². The third-order valence-electron chi connectivity index (χ3n) is 7.42. The molecule has 0 aromatic heterocycles. The van der Waals surface area contributed by atoms with E-state index >= 15 is 0 Å². The van der Waals surface area contributed by atoms with Gasteiger partial charge in [0.05, 0.1) is 0 Å². The summed E-state index contributed by atoms with van der Waals surface area (Å²) in [7, 11) is 0. The van der Waals surface area contributed by atoms with Crippen LogP contribution in [0.25, 0.3) is 0 Å². The molecule has 0 aromatic rings. The fourth-order valence-corrected chi connectivity index (χ4v) is 6.75. The summed E-state index contributed by atoms with van der Waals surface area (Å²) in [5.41, 5.74) is 0.838. The summed E-state index contributed by atoms with van der Waals surface area (Å²) >= 11 is 0. The van der Waals surface area contributed by atoms with Crippen LogP contribution in [0.1, 0.15) is 59.8 Å². The van der Waals surface area contributed by atoms with Crippen LogP contribution in [0.15, 0.2) is 0 Å². The van der Waals surface area contributed by atoms with Crippen LogP contribution in [-0.2, 0) is 9.53 Å². The zero-order valence-corrected chi connectivity index (χ0v) is 12.7. The third-order valence-corrected chi connectivity index (χ3v) is 7.42. The lowest BCUT2D eigenvalue weighted by atomic mass is 9.45. The summed E-state index contributed by atoms with van der Waals surface area (Å²) in [4.78, 5) is 11.7. The van der Waals surface area contributed by atoms with Crippen molar-refractivity contribution in [2.24, 2.45) is 34.5 Å². The van der Waals surface area contributed by atoms with Crippen LogP contribution in [0, 0.1) is 34.5 Å². The molecule has 19 heavy (non-hydrogen) atoms. The van der Waals surface area contributed by atoms with Gasteiger partial charge in [-0.05, 0) is 54.8 Å². The van der Waals surface area contributed by atoms with E-state index in [4.69, 9.17) is 4.74 Å². The molecular formula is C17H26O2. The number of fused-ring (bicyclic) bond motifs is 2. The number of ether oxygens (including phenoxy) is 1. The van der Waals surface area contributed by atoms with E-state index in [9.17, 15) is 4.79 Å². The molecule has 0 saturated heterocycles. The Bertz CT molecular complexity index is 454. The summed E-state index contributed by atoms with van der Waals surface area (Å²) in [5.74, 6) is 2.86. The van der Waals surface area contributed by atoms with Crippen molar-refractivity contribution in [3.05, 3.63) is 0 Å². The zero-order chi connectivity index (χ0) is 13.6. The summed E-state index contributed by atoms with van der Waals surface area (Å²) in [6, 6.07) is 0. The molecule has 4 fully saturated rings. The van der Waals surface area contributed by atoms with E-state index in [2.05, 4.69) is 20.8 Å². The predicted molar refractivity (Wildman–Crippen MR) is 73.4 cm³/mol. The third kappa shape index (κ3) is 1.27. The van der Waals surface area contributed by atoms with E-state index in [1.165, 1.54) is 25.7 Å². The van der Waals surface area contributed by atoms with E-state index in [1.807, 2.05) is 0 Å². The molecule has 2 nitrogen and oxygen atoms in total. The molecule has 4 saturated carbocycles. The first kappa shape index (κ1) is 12.2. The van der Waals surface area contributed by atoms with E-state index < -0.39 is 0 Å². The molecule has 0 amide bonds. The standard InChI is InChI=1S/C17H26O2/c1-10(18)19-17-9-16(4)6-5-11(17)13(16)7-12-14(17)8-15(12,2)3/h11-14H,5-9H2,1-4H3/t11?,12-,13?,14+,16+,17+/m1/s1. The van der Waals surface area contributed by atoms with Gasteiger partial charge < -0.3 is 4.74 Å². The lowest BCUT2D eigenvalue weighted by molar-refractivity contribution is -0.220. The Kier molecular flexibility index (Phi) is 2.06. The average molecular weight is 262 g/mol. The summed E-state index contributed by atoms with van der Waals surface area (Å²) in [6.45, 7) is 8.88. The van der Waals surface area contributed by atoms with Gasteiger partial charge in [0.25, 0.3) is 0 Å². The number of hydrogen-bond acceptors (Lipinski definition) is 2. The second-order valence-electron chi connectivity index (χ2n) is 8.77. The lowest BCUT2D eigenvalue weighted by Crippen LogP contribution is -2.62. The minimum atomic E-state index is -0.0814. The van der Waals surface area contributed by atoms with Gasteiger partial charge in [-0.2, -0.15) is 0 Å². The maximum atomic E-state index is 11.7. The zero-order valence-electron chi connectivity index (χ0n) is 12.7. The van der Waals surface area contributed by atoms with Crippen LogP contribution >= 0.6 is 0 Å². The molecule has 2 unspecified atom stereocenters. The number of carbonyl (C=O) groups is 1. The molecule has 0 aromatic carbocycles. The largest absolute Gasteiger partial charge is 0.459 e. The number of esters is 1. The fourth-order valence-electron chi connectivity index (χ4n) is 6.75. The molecular weight excluding hydrogens is 236 g/mol. The van der Waals surface area contributed by atoms with Crippen molar-refractivity contribution < 1.29 is 9.53 Å². The highest BCUT2D eigenvalue weighted by Gasteiger charge is 2.75. The fraction of sp³-hybridized carbons (Fsp3) is 0.941. The molecule has 4 rings (SSSR count). The van der Waals surface area contributed by atoms with E-state index in [0.717, 1.165) is 18.3 Å². The molecule has 0 N–H and O–H groups in total. The summed E-state index contributed by atoms with van der Waals surface area (Å²) < 4.78 is 6.06. The van der Waals surface area contributed by atoms with Crippen LogP contribution in [0.2, 0.25) is 0 Å². The molecule has 4 bridgehead atoms. The second kappa shape index (κ2) is 3.20. The van der Waals surface area contributed by atoms with E-state index in [0.29, 0.717) is 22.7 Å². The van der Waals surface area contributed by atoms with E-state index in [-0.39, 0.29) is 11.6 Å². The molecule has 4 aliphatic carbocycles. The van der Waals surface area contributed by atoms with E-state index in [1.54, 1.807) is 6.92 Å². The Balaban J connectivity index is 1.77. The highest BCUT2D eigenvalue weighted by Crippen LogP contribution is 2.76. The van der Waals surface area contributed by atoms with Gasteiger partial charge in [-0.3, -0.25) is 4.79 Å². The molecule has 0 aliphatic heterocycles. The molecule has 0 heterocycles. The monoisotopic (exact) mass is 262 g/mol. The van der Waals surface area contributed by atoms with Gasteiger partial charge in [0.15, 0.2) is 0 Å². The van der Waals surface area contributed by atoms with Gasteiger partial charge in [0.1, 0.15) is 5.60 Å². The topological polar surface area (TPSA) is 26.3 Å². The smallest absolute Gasteiger partial charge is 0.303 e. The van der Waals surface area contributed by atoms with Crippen LogP contribution in [0.5, 0.6) is 0 Å². The van der Waals surface area contributed by atoms with Crippen LogP contribution in [0.4, 0.5) is 0 Å². The SMILES string of the molecule is CC(=O)O[C@@]12C[C@]3(C)CCC1C3C[C@@H]1[C@@H]2CC1(C)C. The van der Waals surface area contributed by atoms with Gasteiger partial charge in [-0.1, -0.05) is 20.8 Å². The maximum Gasteiger partial charge on any atom is 0.303 e. The van der Waals surface area contributed by atoms with Gasteiger partial charge >= 0.3 is 5.97 Å². The highest BCUT2D eigenvalue weighted by molar-refractivity contribution is 5.67. The molecule has 2 heteroatoms. The van der Waals surface area contributed by atoms with Gasteiger partial charge in [0, 0.05) is 18.8 Å². The van der Waals surface area contributed by atoms with Crippen molar-refractivity contribution in [3.8, 4) is 0 Å². The quantitative estimate of drug-likeness (QED) is 0.672. The minimum absolute atomic E-state index is 0.0553. The summed E-state index contributed by atoms with van der Waals surface area (Å²) in [6.07, 6.45) is 6.43. The molecule has 0 radical (unpaired) electrons. The second-order valence-corrected chi connectivity index (χ2v) is 8.77. The number of rotatable bonds is 1. The summed E-state index contributed by atoms with van der Waals surface area (Å²) in [5, 5.41) is 0. The predicted octanol–water partition coefficient (Wildman–Crippen LogP) is 3.79. The van der Waals surface area contributed by atoms with Crippen molar-refractivity contribution in [1.29, 1.82) is 0 Å². The Labute approximate surface area is 116 Å². The molecule has 0 spiro atoms. The Hall–Kier alpha value is -0.530. The first-order valence-corrected chi connectivity index (χ1v) is 7.98. The van der Waals surface area contributed by atoms with Crippen molar-refractivity contribution >= 4 is 5.97 Å². The first-order chi connectivity index (χ1) is 8.79. The van der Waals surface area contributed by atoms with Gasteiger partial charge in [-0.25, -0.2) is 0 Å². The van der Waals surface area contributed by atoms with Crippen molar-refractivity contribution in [1.82, 2.24) is 0 Å². The molecule has 106 valence electrons. The minimum Gasteiger partial charge on any atom is -0.459 e. The normalized spacial score (nSPS) is 56.4. The number of hydrogen-bond donors (Lipinski definition) is 0. The van der Waals surface area contributed by atoms with Crippen molar-refractivity contribution in [2.75, 3.05) is 0 Å². The Morgan fingerprint density at radius 3 is 2.47 bits per heavy atom. The Morgan fingerprint density at radius 2 is 1.84 bits per heavy atom. The highest BCUT2D eigenvalue weighted by atomic mass is 16.6. The molecule has 6 atom stereocenters. The van der Waals surface area contributed by atoms with Crippen LogP contribution in [0.3, 0.4) is 0 Å². The average Bonchev–Trinajstić information content (AvgIpc) is 2.67. The van der Waals surface area contributed by atoms with Crippen LogP contribution in [-0.4, -0.2) is 11.6 Å². The van der Waals surface area contributed by atoms with Crippen LogP contribution < -0.4 is 0 Å². The van der Waals surface area contributed by atoms with Gasteiger partial charge in [0.2, 0.25) is 0 Å². The Morgan fingerprint density at radius 1 is 1.11 bits per heavy atom. The lowest BCUT2D eigenvalue weighted by Gasteiger charge is -2.62. The van der Waals surface area contributed by atoms with Crippen molar-refractivity contribution in [3.63, 3.8) is 0 Å². The van der Waals surface area contributed by atoms with Gasteiger partial charge in [-0.15, -0.1) is 0 Å². The number of carbonyl (C=O) groups excluding carboxylic acids is 1. The molecule has 4 aliphatic rings.